The largest absolute Gasteiger partial charge is 0.493 e. The fourth-order valence-electron chi connectivity index (χ4n) is 2.76. The number of hydrogen-bond acceptors (Lipinski definition) is 2. The topological polar surface area (TPSA) is 35.2 Å². The predicted octanol–water partition coefficient (Wildman–Crippen LogP) is 4.01. The molecule has 1 aliphatic rings. The average molecular weight is 287 g/mol. The van der Waals surface area contributed by atoms with E-state index in [0.29, 0.717) is 0 Å². The van der Waals surface area contributed by atoms with Crippen molar-refractivity contribution in [1.29, 1.82) is 0 Å². The van der Waals surface area contributed by atoms with Gasteiger partial charge in [0.1, 0.15) is 11.6 Å². The highest BCUT2D eigenvalue weighted by Crippen LogP contribution is 2.38. The number of ether oxygens (including phenoxy) is 1. The standard InChI is InChI=1S/C17H17FO.CH5N/c1-11-5-6-15(12(2)8-11)16-10-14(18)9-13-4-3-7-19-17(13)16;1-2/h5-6,8-10H,3-4,7H2,1-2H3;2H2,1H3. The second-order valence-corrected chi connectivity index (χ2v) is 5.21. The lowest BCUT2D eigenvalue weighted by atomic mass is 9.94. The molecule has 2 aromatic carbocycles. The van der Waals surface area contributed by atoms with Gasteiger partial charge in [-0.1, -0.05) is 23.8 Å². The van der Waals surface area contributed by atoms with Crippen LogP contribution in [0.25, 0.3) is 11.1 Å². The van der Waals surface area contributed by atoms with E-state index < -0.39 is 0 Å². The molecule has 0 spiro atoms. The van der Waals surface area contributed by atoms with Gasteiger partial charge in [-0.05, 0) is 62.6 Å². The van der Waals surface area contributed by atoms with Crippen LogP contribution in [0.5, 0.6) is 5.75 Å². The summed E-state index contributed by atoms with van der Waals surface area (Å²) in [5, 5.41) is 0. The lowest BCUT2D eigenvalue weighted by molar-refractivity contribution is 0.289. The molecule has 3 rings (SSSR count). The van der Waals surface area contributed by atoms with E-state index in [1.54, 1.807) is 12.1 Å². The van der Waals surface area contributed by atoms with E-state index in [2.05, 4.69) is 37.8 Å². The molecule has 112 valence electrons. The highest BCUT2D eigenvalue weighted by Gasteiger charge is 2.18. The molecule has 3 heteroatoms. The fourth-order valence-corrected chi connectivity index (χ4v) is 2.76. The van der Waals surface area contributed by atoms with Crippen LogP contribution in [0.3, 0.4) is 0 Å². The minimum absolute atomic E-state index is 0.181. The van der Waals surface area contributed by atoms with Crippen molar-refractivity contribution in [1.82, 2.24) is 0 Å². The van der Waals surface area contributed by atoms with Crippen molar-refractivity contribution >= 4 is 0 Å². The molecular weight excluding hydrogens is 265 g/mol. The molecule has 21 heavy (non-hydrogen) atoms. The number of nitrogens with two attached hydrogens (primary N) is 1. The molecule has 0 fully saturated rings. The Kier molecular flexibility index (Phi) is 4.97. The third-order valence-electron chi connectivity index (χ3n) is 3.64. The molecular formula is C18H22FNO. The van der Waals surface area contributed by atoms with Crippen molar-refractivity contribution in [3.05, 3.63) is 52.8 Å². The Bertz CT molecular complexity index is 637. The molecule has 0 aliphatic carbocycles. The Morgan fingerprint density at radius 2 is 1.81 bits per heavy atom. The molecule has 0 radical (unpaired) electrons. The molecule has 0 aromatic heterocycles. The van der Waals surface area contributed by atoms with E-state index in [1.165, 1.54) is 12.6 Å². The van der Waals surface area contributed by atoms with Gasteiger partial charge in [-0.25, -0.2) is 4.39 Å². The van der Waals surface area contributed by atoms with Gasteiger partial charge in [-0.15, -0.1) is 0 Å². The number of fused-ring (bicyclic) bond motifs is 1. The highest BCUT2D eigenvalue weighted by molar-refractivity contribution is 5.75. The molecule has 2 aromatic rings. The summed E-state index contributed by atoms with van der Waals surface area (Å²) < 4.78 is 19.6. The minimum atomic E-state index is -0.181. The van der Waals surface area contributed by atoms with Gasteiger partial charge in [0.2, 0.25) is 0 Å². The van der Waals surface area contributed by atoms with Gasteiger partial charge in [0.15, 0.2) is 0 Å². The lowest BCUT2D eigenvalue weighted by Gasteiger charge is -2.21. The maximum atomic E-state index is 13.8. The highest BCUT2D eigenvalue weighted by atomic mass is 19.1. The second-order valence-electron chi connectivity index (χ2n) is 5.21. The zero-order valence-corrected chi connectivity index (χ0v) is 12.9. The Morgan fingerprint density at radius 3 is 2.52 bits per heavy atom. The quantitative estimate of drug-likeness (QED) is 0.860. The van der Waals surface area contributed by atoms with Crippen LogP contribution < -0.4 is 10.5 Å². The van der Waals surface area contributed by atoms with Crippen LogP contribution in [0, 0.1) is 19.7 Å². The molecule has 2 N–H and O–H groups in total. The van der Waals surface area contributed by atoms with Gasteiger partial charge in [-0.3, -0.25) is 0 Å². The zero-order valence-electron chi connectivity index (χ0n) is 12.9. The predicted molar refractivity (Wildman–Crippen MR) is 85.2 cm³/mol. The monoisotopic (exact) mass is 287 g/mol. The molecule has 0 bridgehead atoms. The van der Waals surface area contributed by atoms with E-state index >= 15 is 0 Å². The van der Waals surface area contributed by atoms with Crippen molar-refractivity contribution in [3.63, 3.8) is 0 Å². The minimum Gasteiger partial charge on any atom is -0.493 e. The van der Waals surface area contributed by atoms with Gasteiger partial charge in [0.05, 0.1) is 6.61 Å². The molecule has 1 heterocycles. The van der Waals surface area contributed by atoms with Crippen molar-refractivity contribution in [2.75, 3.05) is 13.7 Å². The van der Waals surface area contributed by atoms with Gasteiger partial charge in [0, 0.05) is 5.56 Å². The molecule has 0 atom stereocenters. The Hall–Kier alpha value is -1.87. The van der Waals surface area contributed by atoms with Crippen LogP contribution in [0.15, 0.2) is 30.3 Å². The Morgan fingerprint density at radius 1 is 1.05 bits per heavy atom. The van der Waals surface area contributed by atoms with Gasteiger partial charge >= 0.3 is 0 Å². The van der Waals surface area contributed by atoms with Gasteiger partial charge < -0.3 is 10.5 Å². The van der Waals surface area contributed by atoms with E-state index in [4.69, 9.17) is 4.74 Å². The Balaban J connectivity index is 0.000000774. The summed E-state index contributed by atoms with van der Waals surface area (Å²) in [4.78, 5) is 0. The van der Waals surface area contributed by atoms with Crippen molar-refractivity contribution in [2.45, 2.75) is 26.7 Å². The molecule has 0 unspecified atom stereocenters. The van der Waals surface area contributed by atoms with Crippen LogP contribution in [-0.2, 0) is 6.42 Å². The third-order valence-corrected chi connectivity index (χ3v) is 3.64. The van der Waals surface area contributed by atoms with Crippen LogP contribution in [-0.4, -0.2) is 13.7 Å². The lowest BCUT2D eigenvalue weighted by Crippen LogP contribution is -2.10. The normalized spacial score (nSPS) is 12.8. The summed E-state index contributed by atoms with van der Waals surface area (Å²) in [6.45, 7) is 4.84. The van der Waals surface area contributed by atoms with Crippen LogP contribution in [0.1, 0.15) is 23.1 Å². The zero-order chi connectivity index (χ0) is 15.4. The van der Waals surface area contributed by atoms with Crippen molar-refractivity contribution < 1.29 is 9.13 Å². The number of benzene rings is 2. The maximum absolute atomic E-state index is 13.8. The summed E-state index contributed by atoms with van der Waals surface area (Å²) in [6, 6.07) is 9.42. The van der Waals surface area contributed by atoms with Crippen molar-refractivity contribution in [3.8, 4) is 16.9 Å². The SMILES string of the molecule is CN.Cc1ccc(-c2cc(F)cc3c2OCCC3)c(C)c1. The summed E-state index contributed by atoms with van der Waals surface area (Å²) in [6.07, 6.45) is 1.85. The molecule has 0 saturated heterocycles. The molecule has 2 nitrogen and oxygen atoms in total. The molecule has 1 aliphatic heterocycles. The fraction of sp³-hybridized carbons (Fsp3) is 0.333. The second kappa shape index (κ2) is 6.72. The van der Waals surface area contributed by atoms with E-state index in [-0.39, 0.29) is 5.82 Å². The van der Waals surface area contributed by atoms with Gasteiger partial charge in [0.25, 0.3) is 0 Å². The number of hydrogen-bond donors (Lipinski definition) is 1. The molecule has 0 amide bonds. The first kappa shape index (κ1) is 15.5. The van der Waals surface area contributed by atoms with Crippen LogP contribution >= 0.6 is 0 Å². The van der Waals surface area contributed by atoms with Crippen molar-refractivity contribution in [2.24, 2.45) is 5.73 Å². The average Bonchev–Trinajstić information content (AvgIpc) is 2.48. The first-order chi connectivity index (χ1) is 10.1. The summed E-state index contributed by atoms with van der Waals surface area (Å²) in [5.74, 6) is 0.679. The smallest absolute Gasteiger partial charge is 0.130 e. The Labute approximate surface area is 125 Å². The van der Waals surface area contributed by atoms with Gasteiger partial charge in [-0.2, -0.15) is 0 Å². The number of halogens is 1. The maximum Gasteiger partial charge on any atom is 0.130 e. The first-order valence-electron chi connectivity index (χ1n) is 7.26. The van der Waals surface area contributed by atoms with Crippen LogP contribution in [0.2, 0.25) is 0 Å². The van der Waals surface area contributed by atoms with Crippen LogP contribution in [0.4, 0.5) is 4.39 Å². The van der Waals surface area contributed by atoms with E-state index in [9.17, 15) is 4.39 Å². The number of aryl methyl sites for hydroxylation is 3. The number of rotatable bonds is 1. The first-order valence-corrected chi connectivity index (χ1v) is 7.26. The van der Waals surface area contributed by atoms with E-state index in [0.717, 1.165) is 47.5 Å². The molecule has 0 saturated carbocycles. The third kappa shape index (κ3) is 3.24. The summed E-state index contributed by atoms with van der Waals surface area (Å²) in [7, 11) is 1.50. The van der Waals surface area contributed by atoms with E-state index in [1.807, 2.05) is 0 Å². The summed E-state index contributed by atoms with van der Waals surface area (Å²) in [5.41, 5.74) is 9.80. The summed E-state index contributed by atoms with van der Waals surface area (Å²) >= 11 is 0.